The number of aliphatic imine (C=N–C) groups is 1. The van der Waals surface area contributed by atoms with Crippen LogP contribution in [-0.2, 0) is 0 Å². The first-order chi connectivity index (χ1) is 5.25. The van der Waals surface area contributed by atoms with Gasteiger partial charge in [0.15, 0.2) is 0 Å². The molecule has 0 spiro atoms. The van der Waals surface area contributed by atoms with Crippen molar-refractivity contribution < 1.29 is 4.39 Å². The lowest BCUT2D eigenvalue weighted by atomic mass is 10.2. The molecule has 0 unspecified atom stereocenters. The molecule has 0 aromatic heterocycles. The van der Waals surface area contributed by atoms with Crippen molar-refractivity contribution in [2.45, 2.75) is 0 Å². The highest BCUT2D eigenvalue weighted by Crippen LogP contribution is 2.17. The topological polar surface area (TPSA) is 12.4 Å². The molecular formula is C8H7BrFN. The Morgan fingerprint density at radius 2 is 2.27 bits per heavy atom. The van der Waals surface area contributed by atoms with Crippen LogP contribution in [0.1, 0.15) is 5.56 Å². The number of hydrogen-bond acceptors (Lipinski definition) is 1. The summed E-state index contributed by atoms with van der Waals surface area (Å²) in [6.45, 7) is 0. The van der Waals surface area contributed by atoms with Gasteiger partial charge in [-0.25, -0.2) is 4.39 Å². The van der Waals surface area contributed by atoms with Crippen LogP contribution >= 0.6 is 15.9 Å². The molecule has 0 bridgehead atoms. The van der Waals surface area contributed by atoms with Gasteiger partial charge in [-0.1, -0.05) is 22.0 Å². The van der Waals surface area contributed by atoms with E-state index in [0.29, 0.717) is 5.56 Å². The molecule has 0 saturated heterocycles. The van der Waals surface area contributed by atoms with Crippen LogP contribution in [0.25, 0.3) is 0 Å². The highest BCUT2D eigenvalue weighted by atomic mass is 79.9. The highest BCUT2D eigenvalue weighted by molar-refractivity contribution is 9.10. The highest BCUT2D eigenvalue weighted by Gasteiger charge is 2.01. The number of hydrogen-bond donors (Lipinski definition) is 0. The lowest BCUT2D eigenvalue weighted by Crippen LogP contribution is -1.88. The van der Waals surface area contributed by atoms with E-state index < -0.39 is 0 Å². The van der Waals surface area contributed by atoms with Gasteiger partial charge in [0.05, 0.1) is 0 Å². The van der Waals surface area contributed by atoms with Crippen molar-refractivity contribution in [3.63, 3.8) is 0 Å². The Labute approximate surface area is 73.1 Å². The molecule has 0 amide bonds. The van der Waals surface area contributed by atoms with Crippen molar-refractivity contribution in [3.05, 3.63) is 34.1 Å². The van der Waals surface area contributed by atoms with E-state index >= 15 is 0 Å². The average molecular weight is 216 g/mol. The van der Waals surface area contributed by atoms with Crippen molar-refractivity contribution in [1.29, 1.82) is 0 Å². The van der Waals surface area contributed by atoms with E-state index in [1.54, 1.807) is 19.2 Å². The third-order valence-electron chi connectivity index (χ3n) is 1.26. The van der Waals surface area contributed by atoms with Crippen LogP contribution in [0.4, 0.5) is 4.39 Å². The molecule has 0 aliphatic heterocycles. The molecule has 0 heterocycles. The smallest absolute Gasteiger partial charge is 0.133 e. The number of halogens is 2. The summed E-state index contributed by atoms with van der Waals surface area (Å²) in [7, 11) is 1.61. The first kappa shape index (κ1) is 8.40. The molecule has 3 heteroatoms. The van der Waals surface area contributed by atoms with Crippen LogP contribution in [0, 0.1) is 5.82 Å². The molecule has 1 nitrogen and oxygen atoms in total. The van der Waals surface area contributed by atoms with Crippen molar-refractivity contribution in [2.24, 2.45) is 4.99 Å². The fourth-order valence-corrected chi connectivity index (χ4v) is 1.21. The summed E-state index contributed by atoms with van der Waals surface area (Å²) in [5, 5.41) is 0. The van der Waals surface area contributed by atoms with E-state index in [1.165, 1.54) is 12.3 Å². The standard InChI is InChI=1S/C8H7BrFN/c1-11-5-6-7(9)3-2-4-8(6)10/h2-5H,1H3/b11-5+. The SMILES string of the molecule is C/N=C/c1c(F)cccc1Br. The second kappa shape index (κ2) is 3.62. The summed E-state index contributed by atoms with van der Waals surface area (Å²) < 4.78 is 13.6. The summed E-state index contributed by atoms with van der Waals surface area (Å²) in [5.74, 6) is -0.259. The van der Waals surface area contributed by atoms with Gasteiger partial charge >= 0.3 is 0 Å². The maximum Gasteiger partial charge on any atom is 0.133 e. The quantitative estimate of drug-likeness (QED) is 0.640. The zero-order valence-corrected chi connectivity index (χ0v) is 7.60. The van der Waals surface area contributed by atoms with Gasteiger partial charge in [-0.15, -0.1) is 0 Å². The minimum absolute atomic E-state index is 0.259. The van der Waals surface area contributed by atoms with Gasteiger partial charge in [0.25, 0.3) is 0 Å². The summed E-state index contributed by atoms with van der Waals surface area (Å²) >= 11 is 3.22. The molecule has 11 heavy (non-hydrogen) atoms. The van der Waals surface area contributed by atoms with Crippen molar-refractivity contribution in [1.82, 2.24) is 0 Å². The lowest BCUT2D eigenvalue weighted by Gasteiger charge is -1.97. The summed E-state index contributed by atoms with van der Waals surface area (Å²) in [6, 6.07) is 4.83. The van der Waals surface area contributed by atoms with Crippen LogP contribution < -0.4 is 0 Å². The van der Waals surface area contributed by atoms with Gasteiger partial charge in [0, 0.05) is 23.3 Å². The van der Waals surface area contributed by atoms with Crippen LogP contribution in [0.5, 0.6) is 0 Å². The number of rotatable bonds is 1. The average Bonchev–Trinajstić information content (AvgIpc) is 1.97. The normalized spacial score (nSPS) is 10.8. The lowest BCUT2D eigenvalue weighted by molar-refractivity contribution is 0.625. The van der Waals surface area contributed by atoms with E-state index in [9.17, 15) is 4.39 Å². The molecule has 0 aliphatic carbocycles. The van der Waals surface area contributed by atoms with Crippen molar-refractivity contribution in [3.8, 4) is 0 Å². The monoisotopic (exact) mass is 215 g/mol. The van der Waals surface area contributed by atoms with Crippen LogP contribution in [-0.4, -0.2) is 13.3 Å². The molecule has 1 aromatic rings. The van der Waals surface area contributed by atoms with Crippen LogP contribution in [0.2, 0.25) is 0 Å². The largest absolute Gasteiger partial charge is 0.296 e. The van der Waals surface area contributed by atoms with E-state index in [4.69, 9.17) is 0 Å². The maximum atomic E-state index is 12.9. The van der Waals surface area contributed by atoms with E-state index in [0.717, 1.165) is 4.47 Å². The Morgan fingerprint density at radius 3 is 2.82 bits per heavy atom. The van der Waals surface area contributed by atoms with E-state index in [1.807, 2.05) is 0 Å². The molecule has 0 aliphatic rings. The number of nitrogens with zero attached hydrogens (tertiary/aromatic N) is 1. The summed E-state index contributed by atoms with van der Waals surface area (Å²) in [4.78, 5) is 3.73. The van der Waals surface area contributed by atoms with Gasteiger partial charge < -0.3 is 0 Å². The molecule has 0 N–H and O–H groups in total. The van der Waals surface area contributed by atoms with Gasteiger partial charge in [0.1, 0.15) is 5.82 Å². The second-order valence-electron chi connectivity index (χ2n) is 2.02. The summed E-state index contributed by atoms with van der Waals surface area (Å²) in [6.07, 6.45) is 1.49. The van der Waals surface area contributed by atoms with Crippen LogP contribution in [0.3, 0.4) is 0 Å². The Hall–Kier alpha value is -0.700. The van der Waals surface area contributed by atoms with Crippen LogP contribution in [0.15, 0.2) is 27.7 Å². The summed E-state index contributed by atoms with van der Waals surface area (Å²) in [5.41, 5.74) is 0.495. The van der Waals surface area contributed by atoms with E-state index in [2.05, 4.69) is 20.9 Å². The fraction of sp³-hybridized carbons (Fsp3) is 0.125. The molecule has 58 valence electrons. The minimum Gasteiger partial charge on any atom is -0.296 e. The molecule has 1 rings (SSSR count). The first-order valence-electron chi connectivity index (χ1n) is 3.12. The second-order valence-corrected chi connectivity index (χ2v) is 2.88. The Balaban J connectivity index is 3.20. The number of benzene rings is 1. The zero-order chi connectivity index (χ0) is 8.27. The van der Waals surface area contributed by atoms with Crippen molar-refractivity contribution >= 4 is 22.1 Å². The Kier molecular flexibility index (Phi) is 2.76. The van der Waals surface area contributed by atoms with E-state index in [-0.39, 0.29) is 5.82 Å². The first-order valence-corrected chi connectivity index (χ1v) is 3.91. The predicted octanol–water partition coefficient (Wildman–Crippen LogP) is 2.64. The van der Waals surface area contributed by atoms with Gasteiger partial charge in [0.2, 0.25) is 0 Å². The molecule has 0 saturated carbocycles. The molecular weight excluding hydrogens is 209 g/mol. The van der Waals surface area contributed by atoms with Crippen molar-refractivity contribution in [2.75, 3.05) is 7.05 Å². The molecule has 0 atom stereocenters. The third kappa shape index (κ3) is 1.87. The molecule has 0 radical (unpaired) electrons. The third-order valence-corrected chi connectivity index (χ3v) is 1.95. The zero-order valence-electron chi connectivity index (χ0n) is 6.01. The maximum absolute atomic E-state index is 12.9. The Bertz CT molecular complexity index is 263. The van der Waals surface area contributed by atoms with Gasteiger partial charge in [-0.3, -0.25) is 4.99 Å². The molecule has 1 aromatic carbocycles. The Morgan fingerprint density at radius 1 is 1.55 bits per heavy atom. The minimum atomic E-state index is -0.259. The van der Waals surface area contributed by atoms with Gasteiger partial charge in [-0.2, -0.15) is 0 Å². The van der Waals surface area contributed by atoms with Gasteiger partial charge in [-0.05, 0) is 12.1 Å². The predicted molar refractivity (Wildman–Crippen MR) is 47.6 cm³/mol. The fourth-order valence-electron chi connectivity index (χ4n) is 0.763. The molecule has 0 fully saturated rings.